The Balaban J connectivity index is 0.000000374. The number of carbonyl (C=O) groups is 1. The van der Waals surface area contributed by atoms with Crippen LogP contribution in [0.5, 0.6) is 0 Å². The maximum atomic E-state index is 12.5. The molecule has 4 rings (SSSR count). The van der Waals surface area contributed by atoms with E-state index in [1.165, 1.54) is 5.56 Å². The monoisotopic (exact) mass is 486 g/mol. The maximum absolute atomic E-state index is 12.5. The molecule has 2 aromatic carbocycles. The summed E-state index contributed by atoms with van der Waals surface area (Å²) in [5.74, 6) is 1.08. The van der Waals surface area contributed by atoms with Crippen molar-refractivity contribution in [3.05, 3.63) is 76.3 Å². The van der Waals surface area contributed by atoms with Crippen molar-refractivity contribution < 1.29 is 4.79 Å². The number of nitrogens with one attached hydrogen (secondary N) is 2. The Kier molecular flexibility index (Phi) is 8.89. The smallest absolute Gasteiger partial charge is 0.226 e. The highest BCUT2D eigenvalue weighted by Gasteiger charge is 2.54. The first-order chi connectivity index (χ1) is 15.8. The molecule has 2 aliphatic rings. The summed E-state index contributed by atoms with van der Waals surface area (Å²) in [5.41, 5.74) is 3.03. The lowest BCUT2D eigenvalue weighted by atomic mass is 9.61. The van der Waals surface area contributed by atoms with Crippen LogP contribution in [-0.4, -0.2) is 18.5 Å². The highest BCUT2D eigenvalue weighted by Crippen LogP contribution is 2.54. The lowest BCUT2D eigenvalue weighted by molar-refractivity contribution is -0.130. The Morgan fingerprint density at radius 2 is 1.91 bits per heavy atom. The fourth-order valence-corrected chi connectivity index (χ4v) is 5.88. The van der Waals surface area contributed by atoms with Gasteiger partial charge in [0.15, 0.2) is 0 Å². The SMILES string of the molecule is C=C(NCCC)c1ccc(C2CCC3(CC)C(=O)NC(C)C3C2)c(Cl)c1.Clc1ccccc1. The van der Waals surface area contributed by atoms with E-state index in [1.807, 2.05) is 36.4 Å². The quantitative estimate of drug-likeness (QED) is 0.444. The van der Waals surface area contributed by atoms with Crippen molar-refractivity contribution in [1.29, 1.82) is 0 Å². The molecule has 4 unspecified atom stereocenters. The zero-order chi connectivity index (χ0) is 24.0. The van der Waals surface area contributed by atoms with Gasteiger partial charge in [-0.1, -0.05) is 74.0 Å². The highest BCUT2D eigenvalue weighted by atomic mass is 35.5. The molecule has 1 saturated heterocycles. The number of hydrogen-bond donors (Lipinski definition) is 2. The van der Waals surface area contributed by atoms with E-state index in [0.29, 0.717) is 11.8 Å². The molecule has 1 saturated carbocycles. The molecular weight excluding hydrogens is 451 g/mol. The molecule has 0 spiro atoms. The summed E-state index contributed by atoms with van der Waals surface area (Å²) < 4.78 is 0. The van der Waals surface area contributed by atoms with Crippen LogP contribution < -0.4 is 10.6 Å². The Bertz CT molecular complexity index is 962. The van der Waals surface area contributed by atoms with Crippen molar-refractivity contribution in [3.63, 3.8) is 0 Å². The van der Waals surface area contributed by atoms with E-state index in [0.717, 1.165) is 60.0 Å². The van der Waals surface area contributed by atoms with Crippen LogP contribution in [-0.2, 0) is 4.79 Å². The van der Waals surface area contributed by atoms with E-state index in [-0.39, 0.29) is 17.4 Å². The number of rotatable bonds is 6. The van der Waals surface area contributed by atoms with Gasteiger partial charge in [-0.2, -0.15) is 0 Å². The summed E-state index contributed by atoms with van der Waals surface area (Å²) >= 11 is 12.2. The van der Waals surface area contributed by atoms with Crippen molar-refractivity contribution >= 4 is 34.8 Å². The van der Waals surface area contributed by atoms with Gasteiger partial charge < -0.3 is 10.6 Å². The molecule has 33 heavy (non-hydrogen) atoms. The summed E-state index contributed by atoms with van der Waals surface area (Å²) in [7, 11) is 0. The van der Waals surface area contributed by atoms with E-state index in [2.05, 4.69) is 50.1 Å². The van der Waals surface area contributed by atoms with E-state index < -0.39 is 0 Å². The third-order valence-electron chi connectivity index (χ3n) is 7.34. The van der Waals surface area contributed by atoms with Gasteiger partial charge in [0, 0.05) is 28.3 Å². The molecule has 2 fully saturated rings. The standard InChI is InChI=1S/C22H31ClN2O.C6H5Cl/c1-5-11-24-14(3)16-7-8-18(20(23)13-16)17-9-10-22(6-2)19(12-17)15(4)25-21(22)26;7-6-4-2-1-3-5-6/h7-8,13,15,17,19,24H,3,5-6,9-12H2,1-2,4H3,(H,25,26);1-5H. The molecule has 3 nitrogen and oxygen atoms in total. The Morgan fingerprint density at radius 1 is 1.18 bits per heavy atom. The molecule has 2 N–H and O–H groups in total. The van der Waals surface area contributed by atoms with Crippen molar-refractivity contribution in [1.82, 2.24) is 10.6 Å². The van der Waals surface area contributed by atoms with E-state index >= 15 is 0 Å². The van der Waals surface area contributed by atoms with Crippen LogP contribution in [0.1, 0.15) is 69.9 Å². The number of amides is 1. The van der Waals surface area contributed by atoms with Crippen LogP contribution in [0.3, 0.4) is 0 Å². The van der Waals surface area contributed by atoms with E-state index in [1.54, 1.807) is 0 Å². The summed E-state index contributed by atoms with van der Waals surface area (Å²) in [5, 5.41) is 8.13. The van der Waals surface area contributed by atoms with Crippen LogP contribution in [0.2, 0.25) is 10.0 Å². The van der Waals surface area contributed by atoms with Gasteiger partial charge in [-0.25, -0.2) is 0 Å². The van der Waals surface area contributed by atoms with E-state index in [4.69, 9.17) is 23.2 Å². The molecule has 1 aliphatic carbocycles. The summed E-state index contributed by atoms with van der Waals surface area (Å²) in [4.78, 5) is 12.5. The fraction of sp³-hybridized carbons (Fsp3) is 0.464. The first-order valence-electron chi connectivity index (χ1n) is 12.1. The van der Waals surface area contributed by atoms with Crippen molar-refractivity contribution in [2.75, 3.05) is 6.54 Å². The van der Waals surface area contributed by atoms with Gasteiger partial charge in [0.25, 0.3) is 0 Å². The molecule has 1 amide bonds. The number of benzene rings is 2. The zero-order valence-electron chi connectivity index (χ0n) is 20.0. The normalized spacial score (nSPS) is 26.0. The minimum absolute atomic E-state index is 0.166. The van der Waals surface area contributed by atoms with E-state index in [9.17, 15) is 4.79 Å². The second-order valence-electron chi connectivity index (χ2n) is 9.29. The average molecular weight is 488 g/mol. The Morgan fingerprint density at radius 3 is 2.48 bits per heavy atom. The number of fused-ring (bicyclic) bond motifs is 1. The molecule has 0 bridgehead atoms. The predicted molar refractivity (Wildman–Crippen MR) is 141 cm³/mol. The first kappa shape index (κ1) is 25.6. The lowest BCUT2D eigenvalue weighted by Gasteiger charge is -2.41. The van der Waals surface area contributed by atoms with Gasteiger partial charge in [0.2, 0.25) is 5.91 Å². The maximum Gasteiger partial charge on any atom is 0.226 e. The van der Waals surface area contributed by atoms with Gasteiger partial charge in [-0.15, -0.1) is 0 Å². The fourth-order valence-electron chi connectivity index (χ4n) is 5.40. The molecule has 4 atom stereocenters. The number of hydrogen-bond acceptors (Lipinski definition) is 2. The highest BCUT2D eigenvalue weighted by molar-refractivity contribution is 6.31. The molecule has 2 aromatic rings. The third kappa shape index (κ3) is 5.75. The first-order valence-corrected chi connectivity index (χ1v) is 12.8. The summed E-state index contributed by atoms with van der Waals surface area (Å²) in [6, 6.07) is 16.0. The largest absolute Gasteiger partial charge is 0.385 e. The molecule has 178 valence electrons. The van der Waals surface area contributed by atoms with Crippen LogP contribution >= 0.6 is 23.2 Å². The number of carbonyl (C=O) groups excluding carboxylic acids is 1. The van der Waals surface area contributed by atoms with Crippen molar-refractivity contribution in [2.24, 2.45) is 11.3 Å². The second-order valence-corrected chi connectivity index (χ2v) is 10.1. The Labute approximate surface area is 208 Å². The second kappa shape index (κ2) is 11.4. The minimum atomic E-state index is -0.166. The summed E-state index contributed by atoms with van der Waals surface area (Å²) in [6.07, 6.45) is 5.01. The lowest BCUT2D eigenvalue weighted by Crippen LogP contribution is -2.39. The molecule has 1 heterocycles. The molecule has 0 aromatic heterocycles. The molecular formula is C28H36Cl2N2O. The van der Waals surface area contributed by atoms with Crippen LogP contribution in [0.4, 0.5) is 0 Å². The number of halogens is 2. The molecule has 0 radical (unpaired) electrons. The zero-order valence-corrected chi connectivity index (χ0v) is 21.5. The van der Waals surface area contributed by atoms with Gasteiger partial charge in [-0.05, 0) is 80.2 Å². The van der Waals surface area contributed by atoms with Crippen LogP contribution in [0, 0.1) is 11.3 Å². The van der Waals surface area contributed by atoms with Crippen molar-refractivity contribution in [2.45, 2.75) is 64.8 Å². The Hall–Kier alpha value is -1.97. The van der Waals surface area contributed by atoms with Gasteiger partial charge in [0.05, 0.1) is 5.41 Å². The van der Waals surface area contributed by atoms with Gasteiger partial charge in [-0.3, -0.25) is 4.79 Å². The van der Waals surface area contributed by atoms with Gasteiger partial charge >= 0.3 is 0 Å². The minimum Gasteiger partial charge on any atom is -0.385 e. The summed E-state index contributed by atoms with van der Waals surface area (Å²) in [6.45, 7) is 11.5. The van der Waals surface area contributed by atoms with Crippen LogP contribution in [0.25, 0.3) is 5.70 Å². The molecule has 5 heteroatoms. The van der Waals surface area contributed by atoms with Crippen molar-refractivity contribution in [3.8, 4) is 0 Å². The third-order valence-corrected chi connectivity index (χ3v) is 7.92. The topological polar surface area (TPSA) is 41.1 Å². The average Bonchev–Trinajstić information content (AvgIpc) is 3.07. The molecule has 1 aliphatic heterocycles. The van der Waals surface area contributed by atoms with Gasteiger partial charge in [0.1, 0.15) is 0 Å². The van der Waals surface area contributed by atoms with Crippen LogP contribution in [0.15, 0.2) is 55.1 Å². The predicted octanol–water partition coefficient (Wildman–Crippen LogP) is 7.45.